The van der Waals surface area contributed by atoms with Gasteiger partial charge in [-0.05, 0) is 20.3 Å². The highest BCUT2D eigenvalue weighted by Gasteiger charge is 2.19. The highest BCUT2D eigenvalue weighted by molar-refractivity contribution is 5.75. The van der Waals surface area contributed by atoms with Crippen molar-refractivity contribution in [1.29, 1.82) is 0 Å². The summed E-state index contributed by atoms with van der Waals surface area (Å²) in [6.07, 6.45) is 0.841. The zero-order valence-corrected chi connectivity index (χ0v) is 9.66. The van der Waals surface area contributed by atoms with Crippen molar-refractivity contribution in [2.24, 2.45) is 5.73 Å². The molecule has 0 rings (SSSR count). The molecule has 15 heavy (non-hydrogen) atoms. The molecule has 0 aliphatic rings. The summed E-state index contributed by atoms with van der Waals surface area (Å²) in [5.74, 6) is -0.476. The summed E-state index contributed by atoms with van der Waals surface area (Å²) in [6, 6.07) is -0.736. The van der Waals surface area contributed by atoms with Crippen LogP contribution in [0, 0.1) is 0 Å². The smallest absolute Gasteiger partial charge is 0.322 e. The van der Waals surface area contributed by atoms with E-state index in [2.05, 4.69) is 0 Å². The summed E-state index contributed by atoms with van der Waals surface area (Å²) in [6.45, 7) is 3.99. The van der Waals surface area contributed by atoms with E-state index in [4.69, 9.17) is 20.3 Å². The number of rotatable bonds is 7. The predicted octanol–water partition coefficient (Wildman–Crippen LogP) is 0.0544. The molecular weight excluding hydrogens is 198 g/mol. The highest BCUT2D eigenvalue weighted by Crippen LogP contribution is 2.12. The molecule has 1 unspecified atom stereocenters. The molecule has 0 aromatic rings. The molecule has 0 heterocycles. The Morgan fingerprint density at radius 2 is 2.13 bits per heavy atom. The minimum Gasteiger partial charge on any atom is -0.464 e. The quantitative estimate of drug-likeness (QED) is 0.591. The summed E-state index contributed by atoms with van der Waals surface area (Å²) in [4.78, 5) is 11.2. The fourth-order valence-corrected chi connectivity index (χ4v) is 0.863. The lowest BCUT2D eigenvalue weighted by molar-refractivity contribution is -0.147. The number of aliphatic hydroxyl groups excluding tert-OH is 1. The molecule has 90 valence electrons. The number of carbonyl (C=O) groups excluding carboxylic acids is 1. The van der Waals surface area contributed by atoms with Gasteiger partial charge in [0, 0.05) is 20.1 Å². The molecule has 0 aliphatic heterocycles. The van der Waals surface area contributed by atoms with Crippen LogP contribution in [0.3, 0.4) is 0 Å². The standard InChI is InChI=1S/C10H21NO4/c1-10(2,14-3)5-7-15-9(13)8(11)4-6-12/h8,12H,4-7,11H2,1-3H3. The molecule has 0 amide bonds. The summed E-state index contributed by atoms with van der Waals surface area (Å²) in [5.41, 5.74) is 5.14. The molecular formula is C10H21NO4. The molecule has 0 aromatic carbocycles. The van der Waals surface area contributed by atoms with Crippen molar-refractivity contribution in [2.75, 3.05) is 20.3 Å². The average Bonchev–Trinajstić information content (AvgIpc) is 2.18. The lowest BCUT2D eigenvalue weighted by Gasteiger charge is -2.22. The van der Waals surface area contributed by atoms with Crippen LogP contribution in [0.4, 0.5) is 0 Å². The van der Waals surface area contributed by atoms with Crippen LogP contribution in [0.5, 0.6) is 0 Å². The third-order valence-corrected chi connectivity index (χ3v) is 2.24. The molecule has 0 saturated heterocycles. The average molecular weight is 219 g/mol. The fraction of sp³-hybridized carbons (Fsp3) is 0.900. The van der Waals surface area contributed by atoms with Crippen molar-refractivity contribution in [3.05, 3.63) is 0 Å². The topological polar surface area (TPSA) is 81.8 Å². The van der Waals surface area contributed by atoms with Crippen LogP contribution in [0.25, 0.3) is 0 Å². The first-order chi connectivity index (χ1) is 6.93. The number of hydrogen-bond acceptors (Lipinski definition) is 5. The van der Waals surface area contributed by atoms with Crippen molar-refractivity contribution >= 4 is 5.97 Å². The van der Waals surface area contributed by atoms with Gasteiger partial charge < -0.3 is 20.3 Å². The Balaban J connectivity index is 3.72. The highest BCUT2D eigenvalue weighted by atomic mass is 16.5. The van der Waals surface area contributed by atoms with Gasteiger partial charge in [0.1, 0.15) is 6.04 Å². The second-order valence-electron chi connectivity index (χ2n) is 4.00. The number of aliphatic hydroxyl groups is 1. The summed E-state index contributed by atoms with van der Waals surface area (Å²) >= 11 is 0. The van der Waals surface area contributed by atoms with Gasteiger partial charge in [-0.25, -0.2) is 0 Å². The van der Waals surface area contributed by atoms with E-state index in [1.165, 1.54) is 0 Å². The van der Waals surface area contributed by atoms with Gasteiger partial charge in [-0.15, -0.1) is 0 Å². The van der Waals surface area contributed by atoms with Gasteiger partial charge in [0.15, 0.2) is 0 Å². The first-order valence-corrected chi connectivity index (χ1v) is 5.01. The molecule has 0 fully saturated rings. The van der Waals surface area contributed by atoms with Crippen LogP contribution >= 0.6 is 0 Å². The Kier molecular flexibility index (Phi) is 6.47. The number of ether oxygens (including phenoxy) is 2. The van der Waals surface area contributed by atoms with Crippen molar-refractivity contribution < 1.29 is 19.4 Å². The molecule has 5 heteroatoms. The van der Waals surface area contributed by atoms with Gasteiger partial charge in [0.25, 0.3) is 0 Å². The Morgan fingerprint density at radius 1 is 1.53 bits per heavy atom. The molecule has 0 aliphatic carbocycles. The van der Waals surface area contributed by atoms with Gasteiger partial charge in [0.05, 0.1) is 12.2 Å². The Morgan fingerprint density at radius 3 is 2.60 bits per heavy atom. The number of esters is 1. The largest absolute Gasteiger partial charge is 0.464 e. The zero-order chi connectivity index (χ0) is 11.9. The van der Waals surface area contributed by atoms with Crippen molar-refractivity contribution in [1.82, 2.24) is 0 Å². The van der Waals surface area contributed by atoms with Gasteiger partial charge in [-0.2, -0.15) is 0 Å². The number of nitrogens with two attached hydrogens (primary N) is 1. The molecule has 5 nitrogen and oxygen atoms in total. The van der Waals surface area contributed by atoms with Gasteiger partial charge in [0.2, 0.25) is 0 Å². The summed E-state index contributed by atoms with van der Waals surface area (Å²) in [5, 5.41) is 8.57. The van der Waals surface area contributed by atoms with Crippen LogP contribution in [-0.2, 0) is 14.3 Å². The first kappa shape index (κ1) is 14.3. The maximum Gasteiger partial charge on any atom is 0.322 e. The van der Waals surface area contributed by atoms with Crippen LogP contribution in [-0.4, -0.2) is 43.0 Å². The van der Waals surface area contributed by atoms with E-state index in [0.29, 0.717) is 6.42 Å². The van der Waals surface area contributed by atoms with Crippen LogP contribution < -0.4 is 5.73 Å². The number of carbonyl (C=O) groups is 1. The lowest BCUT2D eigenvalue weighted by atomic mass is 10.1. The van der Waals surface area contributed by atoms with E-state index in [0.717, 1.165) is 0 Å². The maximum atomic E-state index is 11.2. The van der Waals surface area contributed by atoms with Crippen molar-refractivity contribution in [2.45, 2.75) is 38.3 Å². The third kappa shape index (κ3) is 6.43. The van der Waals surface area contributed by atoms with E-state index in [9.17, 15) is 4.79 Å². The van der Waals surface area contributed by atoms with Crippen LogP contribution in [0.2, 0.25) is 0 Å². The van der Waals surface area contributed by atoms with E-state index in [-0.39, 0.29) is 25.2 Å². The first-order valence-electron chi connectivity index (χ1n) is 5.01. The van der Waals surface area contributed by atoms with Crippen LogP contribution in [0.1, 0.15) is 26.7 Å². The van der Waals surface area contributed by atoms with Crippen LogP contribution in [0.15, 0.2) is 0 Å². The second kappa shape index (κ2) is 6.76. The maximum absolute atomic E-state index is 11.2. The molecule has 0 spiro atoms. The molecule has 1 atom stereocenters. The van der Waals surface area contributed by atoms with Gasteiger partial charge in [-0.1, -0.05) is 0 Å². The van der Waals surface area contributed by atoms with E-state index < -0.39 is 12.0 Å². The SMILES string of the molecule is COC(C)(C)CCOC(=O)C(N)CCO. The Hall–Kier alpha value is -0.650. The normalized spacial score (nSPS) is 13.7. The molecule has 0 aromatic heterocycles. The molecule has 0 radical (unpaired) electrons. The lowest BCUT2D eigenvalue weighted by Crippen LogP contribution is -2.34. The fourth-order valence-electron chi connectivity index (χ4n) is 0.863. The Labute approximate surface area is 90.5 Å². The summed E-state index contributed by atoms with van der Waals surface area (Å²) in [7, 11) is 1.61. The molecule has 0 bridgehead atoms. The minimum atomic E-state index is -0.736. The molecule has 3 N–H and O–H groups in total. The monoisotopic (exact) mass is 219 g/mol. The van der Waals surface area contributed by atoms with E-state index in [1.807, 2.05) is 13.8 Å². The van der Waals surface area contributed by atoms with E-state index >= 15 is 0 Å². The van der Waals surface area contributed by atoms with E-state index in [1.54, 1.807) is 7.11 Å². The van der Waals surface area contributed by atoms with Crippen molar-refractivity contribution in [3.8, 4) is 0 Å². The zero-order valence-electron chi connectivity index (χ0n) is 9.66. The van der Waals surface area contributed by atoms with Crippen molar-refractivity contribution in [3.63, 3.8) is 0 Å². The minimum absolute atomic E-state index is 0.111. The third-order valence-electron chi connectivity index (χ3n) is 2.24. The van der Waals surface area contributed by atoms with Gasteiger partial charge >= 0.3 is 5.97 Å². The Bertz CT molecular complexity index is 194. The number of hydrogen-bond donors (Lipinski definition) is 2. The number of methoxy groups -OCH3 is 1. The summed E-state index contributed by atoms with van der Waals surface area (Å²) < 4.78 is 10.1. The predicted molar refractivity (Wildman–Crippen MR) is 56.3 cm³/mol. The second-order valence-corrected chi connectivity index (χ2v) is 4.00. The molecule has 0 saturated carbocycles. The van der Waals surface area contributed by atoms with Gasteiger partial charge in [-0.3, -0.25) is 4.79 Å².